The number of nitrogens with zero attached hydrogens (tertiary/aromatic N) is 3. The fourth-order valence-corrected chi connectivity index (χ4v) is 4.34. The van der Waals surface area contributed by atoms with Crippen LogP contribution < -0.4 is 5.32 Å². The van der Waals surface area contributed by atoms with Crippen molar-refractivity contribution in [2.24, 2.45) is 0 Å². The largest absolute Gasteiger partial charge is 0.348 e. The zero-order valence-electron chi connectivity index (χ0n) is 18.2. The SMILES string of the molecule is CCN(CC)C(=O)Cn1cc(C(=O)C(=O)NCC2CCCN2CC)c2ccccc21. The number of aromatic nitrogens is 1. The molecular weight excluding hydrogens is 380 g/mol. The number of hydrogen-bond donors (Lipinski definition) is 1. The van der Waals surface area contributed by atoms with Crippen molar-refractivity contribution in [3.63, 3.8) is 0 Å². The second-order valence-electron chi connectivity index (χ2n) is 7.72. The maximum atomic E-state index is 12.9. The van der Waals surface area contributed by atoms with Crippen LogP contribution in [0.5, 0.6) is 0 Å². The summed E-state index contributed by atoms with van der Waals surface area (Å²) in [6.07, 6.45) is 3.80. The highest BCUT2D eigenvalue weighted by Crippen LogP contribution is 2.22. The van der Waals surface area contributed by atoms with Gasteiger partial charge in [-0.05, 0) is 45.8 Å². The first-order valence-electron chi connectivity index (χ1n) is 10.9. The fourth-order valence-electron chi connectivity index (χ4n) is 4.34. The van der Waals surface area contributed by atoms with Gasteiger partial charge in [0, 0.05) is 42.8 Å². The van der Waals surface area contributed by atoms with Gasteiger partial charge in [0.2, 0.25) is 5.91 Å². The van der Waals surface area contributed by atoms with Crippen LogP contribution in [-0.2, 0) is 16.1 Å². The Labute approximate surface area is 178 Å². The lowest BCUT2D eigenvalue weighted by Crippen LogP contribution is -2.42. The van der Waals surface area contributed by atoms with Crippen molar-refractivity contribution in [2.45, 2.75) is 46.2 Å². The van der Waals surface area contributed by atoms with Crippen molar-refractivity contribution >= 4 is 28.5 Å². The van der Waals surface area contributed by atoms with Crippen LogP contribution in [0.1, 0.15) is 44.0 Å². The van der Waals surface area contributed by atoms with E-state index in [1.807, 2.05) is 38.1 Å². The molecule has 1 aromatic heterocycles. The van der Waals surface area contributed by atoms with Crippen molar-refractivity contribution < 1.29 is 14.4 Å². The van der Waals surface area contributed by atoms with Gasteiger partial charge in [-0.1, -0.05) is 25.1 Å². The minimum atomic E-state index is -0.587. The molecule has 1 saturated heterocycles. The van der Waals surface area contributed by atoms with Crippen molar-refractivity contribution in [3.05, 3.63) is 36.0 Å². The molecule has 0 saturated carbocycles. The number of amides is 2. The van der Waals surface area contributed by atoms with E-state index in [2.05, 4.69) is 17.1 Å². The molecule has 1 aliphatic heterocycles. The van der Waals surface area contributed by atoms with Gasteiger partial charge < -0.3 is 14.8 Å². The molecule has 2 amide bonds. The highest BCUT2D eigenvalue weighted by molar-refractivity contribution is 6.45. The predicted molar refractivity (Wildman–Crippen MR) is 117 cm³/mol. The number of para-hydroxylation sites is 1. The summed E-state index contributed by atoms with van der Waals surface area (Å²) < 4.78 is 1.77. The minimum absolute atomic E-state index is 0.00917. The molecule has 7 heteroatoms. The normalized spacial score (nSPS) is 16.7. The summed E-state index contributed by atoms with van der Waals surface area (Å²) in [5.74, 6) is -1.15. The number of benzene rings is 1. The van der Waals surface area contributed by atoms with Gasteiger partial charge in [0.25, 0.3) is 11.7 Å². The molecule has 30 heavy (non-hydrogen) atoms. The summed E-state index contributed by atoms with van der Waals surface area (Å²) in [4.78, 5) is 42.2. The smallest absolute Gasteiger partial charge is 0.292 e. The topological polar surface area (TPSA) is 74.6 Å². The van der Waals surface area contributed by atoms with Crippen LogP contribution in [0.15, 0.2) is 30.5 Å². The molecule has 1 aromatic carbocycles. The van der Waals surface area contributed by atoms with Crippen LogP contribution in [0.2, 0.25) is 0 Å². The second-order valence-corrected chi connectivity index (χ2v) is 7.72. The number of likely N-dealkylation sites (tertiary alicyclic amines) is 1. The Morgan fingerprint density at radius 2 is 1.87 bits per heavy atom. The number of ketones is 1. The number of rotatable bonds is 9. The lowest BCUT2D eigenvalue weighted by Gasteiger charge is -2.22. The molecule has 1 atom stereocenters. The van der Waals surface area contributed by atoms with Gasteiger partial charge in [-0.25, -0.2) is 0 Å². The summed E-state index contributed by atoms with van der Waals surface area (Å²) >= 11 is 0. The minimum Gasteiger partial charge on any atom is -0.348 e. The van der Waals surface area contributed by atoms with Crippen molar-refractivity contribution in [3.8, 4) is 0 Å². The third-order valence-electron chi connectivity index (χ3n) is 6.06. The van der Waals surface area contributed by atoms with Crippen LogP contribution in [0.25, 0.3) is 10.9 Å². The van der Waals surface area contributed by atoms with E-state index in [1.165, 1.54) is 0 Å². The van der Waals surface area contributed by atoms with E-state index in [0.29, 0.717) is 36.6 Å². The monoisotopic (exact) mass is 412 g/mol. The summed E-state index contributed by atoms with van der Waals surface area (Å²) in [6, 6.07) is 7.70. The summed E-state index contributed by atoms with van der Waals surface area (Å²) in [5, 5.41) is 3.52. The number of hydrogen-bond acceptors (Lipinski definition) is 4. The molecule has 0 bridgehead atoms. The van der Waals surface area contributed by atoms with E-state index in [0.717, 1.165) is 31.4 Å². The molecule has 2 heterocycles. The molecule has 0 aliphatic carbocycles. The van der Waals surface area contributed by atoms with Crippen molar-refractivity contribution in [1.82, 2.24) is 19.7 Å². The maximum Gasteiger partial charge on any atom is 0.292 e. The Balaban J connectivity index is 1.77. The van der Waals surface area contributed by atoms with Gasteiger partial charge in [-0.3, -0.25) is 19.3 Å². The highest BCUT2D eigenvalue weighted by atomic mass is 16.2. The van der Waals surface area contributed by atoms with E-state index in [4.69, 9.17) is 0 Å². The van der Waals surface area contributed by atoms with Crippen LogP contribution in [0.3, 0.4) is 0 Å². The number of likely N-dealkylation sites (N-methyl/N-ethyl adjacent to an activating group) is 2. The van der Waals surface area contributed by atoms with Gasteiger partial charge in [0.15, 0.2) is 0 Å². The molecular formula is C23H32N4O3. The molecule has 3 rings (SSSR count). The molecule has 2 aromatic rings. The third kappa shape index (κ3) is 4.56. The van der Waals surface area contributed by atoms with E-state index >= 15 is 0 Å². The van der Waals surface area contributed by atoms with Crippen molar-refractivity contribution in [1.29, 1.82) is 0 Å². The zero-order chi connectivity index (χ0) is 21.7. The Hall–Kier alpha value is -2.67. The Morgan fingerprint density at radius 1 is 1.13 bits per heavy atom. The van der Waals surface area contributed by atoms with Crippen LogP contribution in [0.4, 0.5) is 0 Å². The summed E-state index contributed by atoms with van der Waals surface area (Å²) in [6.45, 7) is 9.89. The van der Waals surface area contributed by atoms with Crippen molar-refractivity contribution in [2.75, 3.05) is 32.7 Å². The molecule has 162 valence electrons. The fraction of sp³-hybridized carbons (Fsp3) is 0.522. The van der Waals surface area contributed by atoms with E-state index < -0.39 is 11.7 Å². The van der Waals surface area contributed by atoms with E-state index in [1.54, 1.807) is 15.7 Å². The molecule has 7 nitrogen and oxygen atoms in total. The molecule has 0 spiro atoms. The van der Waals surface area contributed by atoms with Gasteiger partial charge in [0.05, 0.1) is 5.56 Å². The van der Waals surface area contributed by atoms with Crippen LogP contribution in [-0.4, -0.2) is 70.7 Å². The first-order valence-corrected chi connectivity index (χ1v) is 10.9. The van der Waals surface area contributed by atoms with E-state index in [-0.39, 0.29) is 12.5 Å². The number of carbonyl (C=O) groups excluding carboxylic acids is 3. The third-order valence-corrected chi connectivity index (χ3v) is 6.06. The van der Waals surface area contributed by atoms with Gasteiger partial charge >= 0.3 is 0 Å². The number of Topliss-reactive ketones (excluding diaryl/α,β-unsaturated/α-hetero) is 1. The predicted octanol–water partition coefficient (Wildman–Crippen LogP) is 2.29. The molecule has 1 unspecified atom stereocenters. The Bertz CT molecular complexity index is 916. The first-order chi connectivity index (χ1) is 14.5. The lowest BCUT2D eigenvalue weighted by molar-refractivity contribution is -0.131. The number of fused-ring (bicyclic) bond motifs is 1. The maximum absolute atomic E-state index is 12.9. The zero-order valence-corrected chi connectivity index (χ0v) is 18.2. The Kier molecular flexibility index (Phi) is 7.26. The first kappa shape index (κ1) is 22.0. The number of carbonyl (C=O) groups is 3. The summed E-state index contributed by atoms with van der Waals surface area (Å²) in [5.41, 5.74) is 1.12. The average molecular weight is 413 g/mol. The van der Waals surface area contributed by atoms with Crippen LogP contribution in [0, 0.1) is 0 Å². The molecule has 1 aliphatic rings. The van der Waals surface area contributed by atoms with Gasteiger partial charge in [-0.15, -0.1) is 0 Å². The second kappa shape index (κ2) is 9.89. The van der Waals surface area contributed by atoms with E-state index in [9.17, 15) is 14.4 Å². The van der Waals surface area contributed by atoms with Crippen LogP contribution >= 0.6 is 0 Å². The quantitative estimate of drug-likeness (QED) is 0.507. The summed E-state index contributed by atoms with van der Waals surface area (Å²) in [7, 11) is 0. The molecule has 1 N–H and O–H groups in total. The Morgan fingerprint density at radius 3 is 2.57 bits per heavy atom. The van der Waals surface area contributed by atoms with Gasteiger partial charge in [0.1, 0.15) is 6.54 Å². The lowest BCUT2D eigenvalue weighted by atomic mass is 10.1. The number of nitrogens with one attached hydrogen (secondary N) is 1. The standard InChI is InChI=1S/C23H32N4O3/c1-4-25(5-2)21(28)16-27-15-19(18-11-7-8-12-20(18)27)22(29)23(30)24-14-17-10-9-13-26(17)6-3/h7-8,11-12,15,17H,4-6,9-10,13-14,16H2,1-3H3,(H,24,30). The van der Waals surface area contributed by atoms with Gasteiger partial charge in [-0.2, -0.15) is 0 Å². The molecule has 1 fully saturated rings. The average Bonchev–Trinajstić information content (AvgIpc) is 3.37. The molecule has 0 radical (unpaired) electrons. The highest BCUT2D eigenvalue weighted by Gasteiger charge is 2.26.